The van der Waals surface area contributed by atoms with Gasteiger partial charge in [-0.25, -0.2) is 0 Å². The lowest BCUT2D eigenvalue weighted by molar-refractivity contribution is -0.384. The van der Waals surface area contributed by atoms with Crippen molar-refractivity contribution in [3.05, 3.63) is 33.9 Å². The molecule has 0 saturated carbocycles. The molecule has 108 valence electrons. The smallest absolute Gasteiger partial charge is 0.292 e. The van der Waals surface area contributed by atoms with E-state index < -0.39 is 10.8 Å². The number of amides is 2. The zero-order valence-corrected chi connectivity index (χ0v) is 11.0. The molecule has 0 heterocycles. The zero-order chi connectivity index (χ0) is 15.1. The lowest BCUT2D eigenvalue weighted by Crippen LogP contribution is -2.23. The first-order valence-corrected chi connectivity index (χ1v) is 6.04. The largest absolute Gasteiger partial charge is 0.379 e. The maximum Gasteiger partial charge on any atom is 0.292 e. The monoisotopic (exact) mass is 280 g/mol. The first-order chi connectivity index (χ1) is 9.45. The summed E-state index contributed by atoms with van der Waals surface area (Å²) in [6.45, 7) is 2.39. The van der Waals surface area contributed by atoms with Gasteiger partial charge in [0.2, 0.25) is 5.91 Å². The van der Waals surface area contributed by atoms with Crippen LogP contribution in [0.15, 0.2) is 18.2 Å². The number of nitrogens with two attached hydrogens (primary N) is 1. The molecule has 1 rings (SSSR count). The van der Waals surface area contributed by atoms with Crippen molar-refractivity contribution in [2.45, 2.75) is 13.3 Å². The van der Waals surface area contributed by atoms with Crippen molar-refractivity contribution in [1.82, 2.24) is 5.32 Å². The highest BCUT2D eigenvalue weighted by atomic mass is 16.6. The van der Waals surface area contributed by atoms with E-state index in [9.17, 15) is 19.7 Å². The summed E-state index contributed by atoms with van der Waals surface area (Å²) >= 11 is 0. The Morgan fingerprint density at radius 3 is 2.65 bits per heavy atom. The second-order valence-corrected chi connectivity index (χ2v) is 3.99. The predicted octanol–water partition coefficient (Wildman–Crippen LogP) is 0.632. The first-order valence-electron chi connectivity index (χ1n) is 6.04. The molecule has 8 nitrogen and oxygen atoms in total. The lowest BCUT2D eigenvalue weighted by atomic mass is 10.1. The molecule has 0 radical (unpaired) electrons. The van der Waals surface area contributed by atoms with E-state index in [1.165, 1.54) is 18.2 Å². The number of hydrogen-bond acceptors (Lipinski definition) is 5. The third-order valence-electron chi connectivity index (χ3n) is 2.48. The Morgan fingerprint density at radius 1 is 1.40 bits per heavy atom. The van der Waals surface area contributed by atoms with E-state index in [-0.39, 0.29) is 30.2 Å². The van der Waals surface area contributed by atoms with Gasteiger partial charge in [0.1, 0.15) is 5.69 Å². The Morgan fingerprint density at radius 2 is 2.10 bits per heavy atom. The molecule has 0 aliphatic carbocycles. The van der Waals surface area contributed by atoms with Crippen LogP contribution in [0.25, 0.3) is 0 Å². The highest BCUT2D eigenvalue weighted by molar-refractivity contribution is 5.95. The van der Waals surface area contributed by atoms with E-state index in [0.29, 0.717) is 12.1 Å². The summed E-state index contributed by atoms with van der Waals surface area (Å²) in [5.74, 6) is -0.833. The number of primary amides is 1. The van der Waals surface area contributed by atoms with Crippen LogP contribution in [-0.2, 0) is 4.79 Å². The summed E-state index contributed by atoms with van der Waals surface area (Å²) in [7, 11) is 0. The molecule has 20 heavy (non-hydrogen) atoms. The second-order valence-electron chi connectivity index (χ2n) is 3.99. The Kier molecular flexibility index (Phi) is 5.45. The van der Waals surface area contributed by atoms with Crippen molar-refractivity contribution in [1.29, 1.82) is 0 Å². The van der Waals surface area contributed by atoms with Crippen LogP contribution in [0.5, 0.6) is 0 Å². The molecule has 0 aliphatic rings. The summed E-state index contributed by atoms with van der Waals surface area (Å²) in [5.41, 5.74) is 5.32. The predicted molar refractivity (Wildman–Crippen MR) is 73.4 cm³/mol. The maximum absolute atomic E-state index is 11.7. The van der Waals surface area contributed by atoms with Gasteiger partial charge in [-0.2, -0.15) is 0 Å². The van der Waals surface area contributed by atoms with Crippen LogP contribution in [0.3, 0.4) is 0 Å². The van der Waals surface area contributed by atoms with Gasteiger partial charge in [0.15, 0.2) is 0 Å². The molecule has 0 unspecified atom stereocenters. The van der Waals surface area contributed by atoms with Gasteiger partial charge in [0.25, 0.3) is 11.6 Å². The van der Waals surface area contributed by atoms with Gasteiger partial charge in [0, 0.05) is 31.1 Å². The minimum atomic E-state index is -0.561. The molecule has 8 heteroatoms. The number of hydrogen-bond donors (Lipinski definition) is 3. The molecule has 0 bridgehead atoms. The van der Waals surface area contributed by atoms with Crippen LogP contribution >= 0.6 is 0 Å². The topological polar surface area (TPSA) is 127 Å². The standard InChI is InChI=1S/C12H16N4O4/c1-2-14-12(18)8-3-4-10(16(19)20)9(7-8)15-6-5-11(13)17/h3-4,7,15H,2,5-6H2,1H3,(H2,13,17)(H,14,18). The Labute approximate surface area is 115 Å². The van der Waals surface area contributed by atoms with E-state index in [1.807, 2.05) is 0 Å². The Hall–Kier alpha value is -2.64. The van der Waals surface area contributed by atoms with Gasteiger partial charge >= 0.3 is 0 Å². The van der Waals surface area contributed by atoms with Crippen LogP contribution in [0.2, 0.25) is 0 Å². The van der Waals surface area contributed by atoms with Crippen molar-refractivity contribution < 1.29 is 14.5 Å². The molecule has 2 amide bonds. The first kappa shape index (κ1) is 15.4. The minimum Gasteiger partial charge on any atom is -0.379 e. The van der Waals surface area contributed by atoms with Crippen molar-refractivity contribution in [2.24, 2.45) is 5.73 Å². The summed E-state index contributed by atoms with van der Waals surface area (Å²) in [6.07, 6.45) is 0.0442. The van der Waals surface area contributed by atoms with Crippen molar-refractivity contribution in [3.8, 4) is 0 Å². The number of rotatable bonds is 7. The Balaban J connectivity index is 2.96. The molecule has 4 N–H and O–H groups in total. The van der Waals surface area contributed by atoms with E-state index >= 15 is 0 Å². The van der Waals surface area contributed by atoms with Crippen molar-refractivity contribution in [2.75, 3.05) is 18.4 Å². The number of carbonyl (C=O) groups excluding carboxylic acids is 2. The molecule has 1 aromatic carbocycles. The molecular weight excluding hydrogens is 264 g/mol. The highest BCUT2D eigenvalue weighted by Crippen LogP contribution is 2.25. The number of benzene rings is 1. The summed E-state index contributed by atoms with van der Waals surface area (Å²) in [4.78, 5) is 32.7. The van der Waals surface area contributed by atoms with E-state index in [0.717, 1.165) is 0 Å². The normalized spacial score (nSPS) is 9.85. The van der Waals surface area contributed by atoms with E-state index in [1.54, 1.807) is 6.92 Å². The van der Waals surface area contributed by atoms with Gasteiger partial charge in [0.05, 0.1) is 4.92 Å². The van der Waals surface area contributed by atoms with Gasteiger partial charge in [-0.05, 0) is 19.1 Å². The quantitative estimate of drug-likeness (QED) is 0.498. The SMILES string of the molecule is CCNC(=O)c1ccc([N+](=O)[O-])c(NCCC(N)=O)c1. The van der Waals surface area contributed by atoms with E-state index in [4.69, 9.17) is 5.73 Å². The fourth-order valence-corrected chi connectivity index (χ4v) is 1.56. The molecule has 0 atom stereocenters. The lowest BCUT2D eigenvalue weighted by Gasteiger charge is -2.08. The molecule has 0 aliphatic heterocycles. The second kappa shape index (κ2) is 7.07. The fourth-order valence-electron chi connectivity index (χ4n) is 1.56. The molecule has 0 fully saturated rings. The zero-order valence-electron chi connectivity index (χ0n) is 11.0. The summed E-state index contributed by atoms with van der Waals surface area (Å²) < 4.78 is 0. The van der Waals surface area contributed by atoms with Crippen LogP contribution in [0.1, 0.15) is 23.7 Å². The van der Waals surface area contributed by atoms with Crippen LogP contribution in [-0.4, -0.2) is 29.8 Å². The number of nitrogens with one attached hydrogen (secondary N) is 2. The van der Waals surface area contributed by atoms with Gasteiger partial charge < -0.3 is 16.4 Å². The van der Waals surface area contributed by atoms with E-state index in [2.05, 4.69) is 10.6 Å². The van der Waals surface area contributed by atoms with Crippen LogP contribution < -0.4 is 16.4 Å². The average Bonchev–Trinajstić information content (AvgIpc) is 2.38. The van der Waals surface area contributed by atoms with Gasteiger partial charge in [-0.3, -0.25) is 19.7 Å². The molecule has 0 spiro atoms. The van der Waals surface area contributed by atoms with Gasteiger partial charge in [-0.1, -0.05) is 0 Å². The number of carbonyl (C=O) groups is 2. The summed E-state index contributed by atoms with van der Waals surface area (Å²) in [5, 5.41) is 16.2. The Bertz CT molecular complexity index is 530. The number of anilines is 1. The van der Waals surface area contributed by atoms with Gasteiger partial charge in [-0.15, -0.1) is 0 Å². The van der Waals surface area contributed by atoms with Crippen LogP contribution in [0, 0.1) is 10.1 Å². The third-order valence-corrected chi connectivity index (χ3v) is 2.48. The number of nitro benzene ring substituents is 1. The number of nitro groups is 1. The maximum atomic E-state index is 11.7. The highest BCUT2D eigenvalue weighted by Gasteiger charge is 2.16. The molecule has 0 saturated heterocycles. The molecular formula is C12H16N4O4. The van der Waals surface area contributed by atoms with Crippen molar-refractivity contribution >= 4 is 23.2 Å². The van der Waals surface area contributed by atoms with Crippen LogP contribution in [0.4, 0.5) is 11.4 Å². The minimum absolute atomic E-state index is 0.0442. The fraction of sp³-hybridized carbons (Fsp3) is 0.333. The molecule has 0 aromatic heterocycles. The molecule has 1 aromatic rings. The number of nitrogens with zero attached hydrogens (tertiary/aromatic N) is 1. The van der Waals surface area contributed by atoms with Crippen molar-refractivity contribution in [3.63, 3.8) is 0 Å². The average molecular weight is 280 g/mol. The summed E-state index contributed by atoms with van der Waals surface area (Å²) in [6, 6.07) is 4.00. The third kappa shape index (κ3) is 4.23.